The number of hydrogen-bond acceptors (Lipinski definition) is 3. The van der Waals surface area contributed by atoms with Gasteiger partial charge in [0.05, 0.1) is 4.91 Å². The summed E-state index contributed by atoms with van der Waals surface area (Å²) in [5.74, 6) is 1.11. The van der Waals surface area contributed by atoms with E-state index >= 15 is 0 Å². The lowest BCUT2D eigenvalue weighted by Gasteiger charge is -2.44. The molecular weight excluding hydrogens is 392 g/mol. The Kier molecular flexibility index (Phi) is 6.57. The van der Waals surface area contributed by atoms with Crippen LogP contribution < -0.4 is 5.32 Å². The maximum absolute atomic E-state index is 13.0. The van der Waals surface area contributed by atoms with E-state index in [0.717, 1.165) is 48.5 Å². The van der Waals surface area contributed by atoms with Crippen LogP contribution in [0.4, 0.5) is 0 Å². The Balaban J connectivity index is 1.39. The van der Waals surface area contributed by atoms with Crippen molar-refractivity contribution in [2.45, 2.75) is 76.1 Å². The lowest BCUT2D eigenvalue weighted by Crippen LogP contribution is -2.53. The van der Waals surface area contributed by atoms with Crippen molar-refractivity contribution < 1.29 is 9.59 Å². The zero-order chi connectivity index (χ0) is 21.3. The minimum Gasteiger partial charge on any atom is -0.353 e. The largest absolute Gasteiger partial charge is 0.353 e. The molecule has 0 spiro atoms. The molecule has 1 saturated heterocycles. The highest BCUT2D eigenvalue weighted by atomic mass is 32.2. The van der Waals surface area contributed by atoms with Gasteiger partial charge < -0.3 is 10.2 Å². The van der Waals surface area contributed by atoms with Crippen LogP contribution in [0.15, 0.2) is 29.2 Å². The number of carbonyl (C=O) groups excluding carboxylic acids is 2. The number of amides is 2. The van der Waals surface area contributed by atoms with Crippen LogP contribution in [0, 0.1) is 18.8 Å². The molecule has 4 nitrogen and oxygen atoms in total. The van der Waals surface area contributed by atoms with Gasteiger partial charge in [0.15, 0.2) is 0 Å². The zero-order valence-corrected chi connectivity index (χ0v) is 19.2. The fourth-order valence-corrected chi connectivity index (χ4v) is 6.65. The standard InChI is InChI=1S/C25H34N2O2S/c1-16-7-10-20(11-8-16)26-24(28)19-9-12-22-21(15-19)27(3)25(29)23(30-22)14-18-6-4-5-17(2)13-18/h4-6,13-14,16,19-22H,7-12,15H2,1-3H3,(H,26,28)/b23-14-. The quantitative estimate of drug-likeness (QED) is 0.708. The van der Waals surface area contributed by atoms with Gasteiger partial charge >= 0.3 is 0 Å². The van der Waals surface area contributed by atoms with Gasteiger partial charge in [-0.3, -0.25) is 9.59 Å². The van der Waals surface area contributed by atoms with Gasteiger partial charge in [-0.05, 0) is 69.4 Å². The first-order valence-corrected chi connectivity index (χ1v) is 12.3. The number of carbonyl (C=O) groups is 2. The van der Waals surface area contributed by atoms with Crippen molar-refractivity contribution in [3.05, 3.63) is 40.3 Å². The predicted molar refractivity (Wildman–Crippen MR) is 124 cm³/mol. The van der Waals surface area contributed by atoms with Crippen molar-refractivity contribution in [2.24, 2.45) is 11.8 Å². The number of fused-ring (bicyclic) bond motifs is 1. The fraction of sp³-hybridized carbons (Fsp3) is 0.600. The summed E-state index contributed by atoms with van der Waals surface area (Å²) in [6.07, 6.45) is 9.34. The maximum atomic E-state index is 13.0. The van der Waals surface area contributed by atoms with Crippen LogP contribution in [0.25, 0.3) is 6.08 Å². The summed E-state index contributed by atoms with van der Waals surface area (Å²) in [5, 5.41) is 3.69. The average molecular weight is 427 g/mol. The highest BCUT2D eigenvalue weighted by molar-refractivity contribution is 8.04. The molecule has 1 aliphatic heterocycles. The van der Waals surface area contributed by atoms with E-state index in [9.17, 15) is 9.59 Å². The second-order valence-electron chi connectivity index (χ2n) is 9.54. The van der Waals surface area contributed by atoms with Crippen molar-refractivity contribution >= 4 is 29.7 Å². The molecule has 1 aromatic rings. The van der Waals surface area contributed by atoms with E-state index in [1.165, 1.54) is 18.4 Å². The van der Waals surface area contributed by atoms with Gasteiger partial charge in [0, 0.05) is 30.3 Å². The summed E-state index contributed by atoms with van der Waals surface area (Å²) in [6.45, 7) is 4.37. The van der Waals surface area contributed by atoms with E-state index in [1.54, 1.807) is 11.8 Å². The number of hydrogen-bond donors (Lipinski definition) is 1. The Hall–Kier alpha value is -1.75. The minimum absolute atomic E-state index is 0.0313. The number of aryl methyl sites for hydroxylation is 1. The fourth-order valence-electron chi connectivity index (χ4n) is 5.17. The molecule has 0 bridgehead atoms. The molecule has 0 aromatic heterocycles. The summed E-state index contributed by atoms with van der Waals surface area (Å²) in [4.78, 5) is 28.7. The lowest BCUT2D eigenvalue weighted by molar-refractivity contribution is -0.132. The molecule has 0 radical (unpaired) electrons. The molecule has 1 N–H and O–H groups in total. The van der Waals surface area contributed by atoms with Crippen LogP contribution in [0.3, 0.4) is 0 Å². The Bertz CT molecular complexity index is 828. The highest BCUT2D eigenvalue weighted by Crippen LogP contribution is 2.43. The van der Waals surface area contributed by atoms with E-state index in [0.29, 0.717) is 11.3 Å². The van der Waals surface area contributed by atoms with Gasteiger partial charge in [-0.15, -0.1) is 11.8 Å². The molecule has 4 rings (SSSR count). The number of nitrogens with one attached hydrogen (secondary N) is 1. The van der Waals surface area contributed by atoms with Crippen molar-refractivity contribution in [3.8, 4) is 0 Å². The summed E-state index contributed by atoms with van der Waals surface area (Å²) >= 11 is 1.72. The van der Waals surface area contributed by atoms with E-state index in [1.807, 2.05) is 30.2 Å². The number of nitrogens with zero attached hydrogens (tertiary/aromatic N) is 1. The van der Waals surface area contributed by atoms with Crippen molar-refractivity contribution in [1.82, 2.24) is 10.2 Å². The van der Waals surface area contributed by atoms with Crippen molar-refractivity contribution in [3.63, 3.8) is 0 Å². The zero-order valence-electron chi connectivity index (χ0n) is 18.4. The number of thioether (sulfide) groups is 1. The molecule has 1 aromatic carbocycles. The normalized spacial score (nSPS) is 33.3. The summed E-state index contributed by atoms with van der Waals surface area (Å²) in [7, 11) is 1.91. The van der Waals surface area contributed by atoms with E-state index < -0.39 is 0 Å². The molecule has 3 unspecified atom stereocenters. The Labute approximate surface area is 184 Å². The van der Waals surface area contributed by atoms with Gasteiger partial charge in [-0.25, -0.2) is 0 Å². The number of likely N-dealkylation sites (N-methyl/N-ethyl adjacent to an activating group) is 1. The predicted octanol–water partition coefficient (Wildman–Crippen LogP) is 4.77. The second-order valence-corrected chi connectivity index (χ2v) is 10.8. The molecule has 3 aliphatic rings. The summed E-state index contributed by atoms with van der Waals surface area (Å²) in [6, 6.07) is 8.75. The van der Waals surface area contributed by atoms with Crippen LogP contribution in [0.1, 0.15) is 63.0 Å². The molecule has 30 heavy (non-hydrogen) atoms. The highest BCUT2D eigenvalue weighted by Gasteiger charge is 2.43. The van der Waals surface area contributed by atoms with E-state index in [-0.39, 0.29) is 23.8 Å². The summed E-state index contributed by atoms with van der Waals surface area (Å²) < 4.78 is 0. The maximum Gasteiger partial charge on any atom is 0.260 e. The number of benzene rings is 1. The molecule has 2 aliphatic carbocycles. The average Bonchev–Trinajstić information content (AvgIpc) is 2.73. The summed E-state index contributed by atoms with van der Waals surface area (Å²) in [5.41, 5.74) is 2.27. The number of rotatable bonds is 3. The van der Waals surface area contributed by atoms with Crippen LogP contribution in [-0.4, -0.2) is 41.1 Å². The molecule has 2 amide bonds. The van der Waals surface area contributed by atoms with Gasteiger partial charge in [0.1, 0.15) is 0 Å². The topological polar surface area (TPSA) is 49.4 Å². The molecule has 5 heteroatoms. The van der Waals surface area contributed by atoms with Crippen LogP contribution in [0.5, 0.6) is 0 Å². The Morgan fingerprint density at radius 3 is 2.67 bits per heavy atom. The first kappa shape index (κ1) is 21.5. The van der Waals surface area contributed by atoms with Gasteiger partial charge in [0.2, 0.25) is 5.91 Å². The monoisotopic (exact) mass is 426 g/mol. The molecule has 2 saturated carbocycles. The van der Waals surface area contributed by atoms with Crippen LogP contribution >= 0.6 is 11.8 Å². The third-order valence-corrected chi connectivity index (χ3v) is 8.53. The molecule has 3 fully saturated rings. The van der Waals surface area contributed by atoms with Crippen LogP contribution in [0.2, 0.25) is 0 Å². The second kappa shape index (κ2) is 9.17. The Morgan fingerprint density at radius 2 is 1.93 bits per heavy atom. The van der Waals surface area contributed by atoms with Crippen molar-refractivity contribution in [2.75, 3.05) is 7.05 Å². The van der Waals surface area contributed by atoms with Gasteiger partial charge in [-0.1, -0.05) is 36.8 Å². The molecule has 3 atom stereocenters. The molecule has 1 heterocycles. The first-order valence-electron chi connectivity index (χ1n) is 11.4. The Morgan fingerprint density at radius 1 is 1.17 bits per heavy atom. The minimum atomic E-state index is 0.0313. The van der Waals surface area contributed by atoms with Gasteiger partial charge in [-0.2, -0.15) is 0 Å². The lowest BCUT2D eigenvalue weighted by atomic mass is 9.82. The smallest absolute Gasteiger partial charge is 0.260 e. The van der Waals surface area contributed by atoms with Crippen LogP contribution in [-0.2, 0) is 9.59 Å². The molecular formula is C25H34N2O2S. The molecule has 162 valence electrons. The van der Waals surface area contributed by atoms with Gasteiger partial charge in [0.25, 0.3) is 5.91 Å². The van der Waals surface area contributed by atoms with E-state index in [4.69, 9.17) is 0 Å². The third-order valence-electron chi connectivity index (χ3n) is 7.13. The first-order chi connectivity index (χ1) is 14.4. The SMILES string of the molecule is Cc1cccc(/C=C2\SC3CCC(C(=O)NC4CCC(C)CC4)CC3N(C)C2=O)c1. The van der Waals surface area contributed by atoms with Crippen molar-refractivity contribution in [1.29, 1.82) is 0 Å². The third kappa shape index (κ3) is 4.77. The van der Waals surface area contributed by atoms with E-state index in [2.05, 4.69) is 31.3 Å².